The zero-order valence-electron chi connectivity index (χ0n) is 8.18. The van der Waals surface area contributed by atoms with Crippen LogP contribution in [-0.2, 0) is 4.74 Å². The van der Waals surface area contributed by atoms with Gasteiger partial charge in [0.15, 0.2) is 0 Å². The minimum Gasteiger partial charge on any atom is -0.475 e. The molecule has 0 N–H and O–H groups in total. The molecule has 0 unspecified atom stereocenters. The Balaban J connectivity index is 2.13. The van der Waals surface area contributed by atoms with Crippen LogP contribution in [0.25, 0.3) is 10.9 Å². The number of para-hydroxylation sites is 1. The maximum Gasteiger partial charge on any atom is 0.217 e. The average molecular weight is 198 g/mol. The SMILES string of the molecule is c1ccc2ncc(C3=NCCO3)cc2c1. The highest BCUT2D eigenvalue weighted by Gasteiger charge is 2.10. The Morgan fingerprint density at radius 2 is 2.13 bits per heavy atom. The summed E-state index contributed by atoms with van der Waals surface area (Å²) in [5, 5.41) is 1.12. The number of aromatic nitrogens is 1. The molecule has 0 fully saturated rings. The van der Waals surface area contributed by atoms with Gasteiger partial charge < -0.3 is 4.74 Å². The fourth-order valence-electron chi connectivity index (χ4n) is 1.70. The molecule has 3 rings (SSSR count). The van der Waals surface area contributed by atoms with Crippen molar-refractivity contribution in [2.45, 2.75) is 0 Å². The highest BCUT2D eigenvalue weighted by atomic mass is 16.5. The molecule has 0 saturated carbocycles. The largest absolute Gasteiger partial charge is 0.475 e. The standard InChI is InChI=1S/C12H10N2O/c1-2-4-11-9(3-1)7-10(8-14-11)12-13-5-6-15-12/h1-4,7-8H,5-6H2. The summed E-state index contributed by atoms with van der Waals surface area (Å²) in [5.74, 6) is 0.716. The summed E-state index contributed by atoms with van der Waals surface area (Å²) < 4.78 is 5.40. The van der Waals surface area contributed by atoms with Crippen LogP contribution >= 0.6 is 0 Å². The number of ether oxygens (including phenoxy) is 1. The summed E-state index contributed by atoms with van der Waals surface area (Å²) in [6, 6.07) is 10.1. The number of aliphatic imine (C=N–C) groups is 1. The van der Waals surface area contributed by atoms with Crippen molar-refractivity contribution in [1.82, 2.24) is 4.98 Å². The monoisotopic (exact) mass is 198 g/mol. The Morgan fingerprint density at radius 3 is 3.00 bits per heavy atom. The number of pyridine rings is 1. The van der Waals surface area contributed by atoms with Crippen LogP contribution in [0.2, 0.25) is 0 Å². The first-order chi connectivity index (χ1) is 7.43. The molecule has 2 aromatic rings. The van der Waals surface area contributed by atoms with Gasteiger partial charge in [0.25, 0.3) is 0 Å². The van der Waals surface area contributed by atoms with Gasteiger partial charge in [0.2, 0.25) is 5.90 Å². The van der Waals surface area contributed by atoms with E-state index >= 15 is 0 Å². The van der Waals surface area contributed by atoms with Gasteiger partial charge in [0, 0.05) is 11.6 Å². The smallest absolute Gasteiger partial charge is 0.217 e. The molecule has 1 aliphatic heterocycles. The maximum absolute atomic E-state index is 5.40. The lowest BCUT2D eigenvalue weighted by atomic mass is 10.1. The molecule has 0 spiro atoms. The molecular formula is C12H10N2O. The van der Waals surface area contributed by atoms with Gasteiger partial charge in [-0.1, -0.05) is 18.2 Å². The van der Waals surface area contributed by atoms with Crippen LogP contribution in [0.4, 0.5) is 0 Å². The molecule has 0 aliphatic carbocycles. The van der Waals surface area contributed by atoms with Crippen LogP contribution < -0.4 is 0 Å². The molecular weight excluding hydrogens is 188 g/mol. The van der Waals surface area contributed by atoms with E-state index in [1.807, 2.05) is 30.5 Å². The topological polar surface area (TPSA) is 34.5 Å². The summed E-state index contributed by atoms with van der Waals surface area (Å²) in [5.41, 5.74) is 1.96. The van der Waals surface area contributed by atoms with Crippen molar-refractivity contribution in [1.29, 1.82) is 0 Å². The second kappa shape index (κ2) is 3.35. The molecule has 0 saturated heterocycles. The maximum atomic E-state index is 5.40. The Labute approximate surface area is 87.4 Å². The van der Waals surface area contributed by atoms with Gasteiger partial charge in [0.1, 0.15) is 6.61 Å². The van der Waals surface area contributed by atoms with E-state index in [1.54, 1.807) is 0 Å². The van der Waals surface area contributed by atoms with Gasteiger partial charge in [-0.3, -0.25) is 4.98 Å². The number of nitrogens with zero attached hydrogens (tertiary/aromatic N) is 2. The van der Waals surface area contributed by atoms with Crippen molar-refractivity contribution in [2.24, 2.45) is 4.99 Å². The van der Waals surface area contributed by atoms with Gasteiger partial charge in [0.05, 0.1) is 17.6 Å². The molecule has 1 aliphatic rings. The molecule has 74 valence electrons. The number of fused-ring (bicyclic) bond motifs is 1. The molecule has 3 nitrogen and oxygen atoms in total. The lowest BCUT2D eigenvalue weighted by Gasteiger charge is -2.02. The number of hydrogen-bond donors (Lipinski definition) is 0. The molecule has 3 heteroatoms. The zero-order chi connectivity index (χ0) is 10.1. The second-order valence-electron chi connectivity index (χ2n) is 3.45. The molecule has 0 bridgehead atoms. The Morgan fingerprint density at radius 1 is 1.20 bits per heavy atom. The molecule has 0 radical (unpaired) electrons. The van der Waals surface area contributed by atoms with E-state index in [9.17, 15) is 0 Å². The quantitative estimate of drug-likeness (QED) is 0.702. The van der Waals surface area contributed by atoms with E-state index in [0.29, 0.717) is 12.5 Å². The van der Waals surface area contributed by atoms with Crippen LogP contribution in [0.3, 0.4) is 0 Å². The van der Waals surface area contributed by atoms with Crippen LogP contribution in [0, 0.1) is 0 Å². The second-order valence-corrected chi connectivity index (χ2v) is 3.45. The van der Waals surface area contributed by atoms with Crippen molar-refractivity contribution in [3.63, 3.8) is 0 Å². The molecule has 0 amide bonds. The molecule has 0 atom stereocenters. The van der Waals surface area contributed by atoms with Crippen LogP contribution in [0.1, 0.15) is 5.56 Å². The van der Waals surface area contributed by atoms with E-state index in [1.165, 1.54) is 0 Å². The summed E-state index contributed by atoms with van der Waals surface area (Å²) >= 11 is 0. The average Bonchev–Trinajstić information content (AvgIpc) is 2.82. The van der Waals surface area contributed by atoms with Crippen molar-refractivity contribution in [3.05, 3.63) is 42.1 Å². The van der Waals surface area contributed by atoms with Gasteiger partial charge >= 0.3 is 0 Å². The normalized spacial score (nSPS) is 15.1. The van der Waals surface area contributed by atoms with Crippen LogP contribution in [-0.4, -0.2) is 24.0 Å². The van der Waals surface area contributed by atoms with Crippen molar-refractivity contribution in [2.75, 3.05) is 13.2 Å². The summed E-state index contributed by atoms with van der Waals surface area (Å²) in [7, 11) is 0. The van der Waals surface area contributed by atoms with Gasteiger partial charge in [-0.05, 0) is 12.1 Å². The van der Waals surface area contributed by atoms with Gasteiger partial charge in [-0.2, -0.15) is 0 Å². The van der Waals surface area contributed by atoms with Crippen molar-refractivity contribution < 1.29 is 4.74 Å². The lowest BCUT2D eigenvalue weighted by molar-refractivity contribution is 0.348. The van der Waals surface area contributed by atoms with E-state index < -0.39 is 0 Å². The first-order valence-corrected chi connectivity index (χ1v) is 4.96. The third kappa shape index (κ3) is 1.46. The molecule has 2 heterocycles. The van der Waals surface area contributed by atoms with Crippen LogP contribution in [0.15, 0.2) is 41.5 Å². The fraction of sp³-hybridized carbons (Fsp3) is 0.167. The Hall–Kier alpha value is -1.90. The number of benzene rings is 1. The predicted molar refractivity (Wildman–Crippen MR) is 59.1 cm³/mol. The minimum absolute atomic E-state index is 0.683. The first kappa shape index (κ1) is 8.41. The predicted octanol–water partition coefficient (Wildman–Crippen LogP) is 2.01. The van der Waals surface area contributed by atoms with Gasteiger partial charge in [-0.25, -0.2) is 4.99 Å². The molecule has 15 heavy (non-hydrogen) atoms. The summed E-state index contributed by atoms with van der Waals surface area (Å²) in [6.45, 7) is 1.43. The molecule has 1 aromatic heterocycles. The zero-order valence-corrected chi connectivity index (χ0v) is 8.18. The van der Waals surface area contributed by atoms with E-state index in [0.717, 1.165) is 23.0 Å². The Bertz CT molecular complexity index is 534. The summed E-state index contributed by atoms with van der Waals surface area (Å²) in [4.78, 5) is 8.63. The van der Waals surface area contributed by atoms with Crippen molar-refractivity contribution in [3.8, 4) is 0 Å². The van der Waals surface area contributed by atoms with E-state index in [-0.39, 0.29) is 0 Å². The van der Waals surface area contributed by atoms with E-state index in [4.69, 9.17) is 4.74 Å². The number of hydrogen-bond acceptors (Lipinski definition) is 3. The fourth-order valence-corrected chi connectivity index (χ4v) is 1.70. The Kier molecular flexibility index (Phi) is 1.88. The van der Waals surface area contributed by atoms with E-state index in [2.05, 4.69) is 16.0 Å². The molecule has 1 aromatic carbocycles. The minimum atomic E-state index is 0.683. The summed E-state index contributed by atoms with van der Waals surface area (Å²) in [6.07, 6.45) is 1.81. The highest BCUT2D eigenvalue weighted by molar-refractivity contribution is 5.97. The van der Waals surface area contributed by atoms with Crippen LogP contribution in [0.5, 0.6) is 0 Å². The first-order valence-electron chi connectivity index (χ1n) is 4.96. The highest BCUT2D eigenvalue weighted by Crippen LogP contribution is 2.14. The van der Waals surface area contributed by atoms with Gasteiger partial charge in [-0.15, -0.1) is 0 Å². The van der Waals surface area contributed by atoms with Crippen molar-refractivity contribution >= 4 is 16.8 Å². The third-order valence-electron chi connectivity index (χ3n) is 2.42. The number of rotatable bonds is 1. The lowest BCUT2D eigenvalue weighted by Crippen LogP contribution is -2.01. The third-order valence-corrected chi connectivity index (χ3v) is 2.42.